The molecular weight excluding hydrogens is 216 g/mol. The maximum Gasteiger partial charge on any atom is 0.411 e. The monoisotopic (exact) mass is 238 g/mol. The molecule has 17 heavy (non-hydrogen) atoms. The van der Waals surface area contributed by atoms with Gasteiger partial charge in [-0.05, 0) is 40.0 Å². The Morgan fingerprint density at radius 3 is 2.76 bits per heavy atom. The lowest BCUT2D eigenvalue weighted by Gasteiger charge is -2.35. The SMILES string of the molecule is CC(C)(C)OC(=O)N1C2C=C(CN)CC1CC2. The van der Waals surface area contributed by atoms with Crippen LogP contribution in [0.25, 0.3) is 0 Å². The molecule has 2 heterocycles. The summed E-state index contributed by atoms with van der Waals surface area (Å²) in [5.74, 6) is 0. The van der Waals surface area contributed by atoms with Crippen molar-refractivity contribution in [3.8, 4) is 0 Å². The number of hydrogen-bond donors (Lipinski definition) is 1. The van der Waals surface area contributed by atoms with Crippen LogP contribution in [-0.2, 0) is 4.74 Å². The van der Waals surface area contributed by atoms with Crippen molar-refractivity contribution < 1.29 is 9.53 Å². The van der Waals surface area contributed by atoms with Gasteiger partial charge in [-0.15, -0.1) is 0 Å². The summed E-state index contributed by atoms with van der Waals surface area (Å²) in [6, 6.07) is 0.487. The third kappa shape index (κ3) is 2.63. The van der Waals surface area contributed by atoms with Crippen LogP contribution in [0.4, 0.5) is 4.79 Å². The number of carbonyl (C=O) groups excluding carboxylic acids is 1. The van der Waals surface area contributed by atoms with Gasteiger partial charge in [-0.2, -0.15) is 0 Å². The molecule has 0 aromatic rings. The van der Waals surface area contributed by atoms with E-state index in [-0.39, 0.29) is 12.1 Å². The van der Waals surface area contributed by atoms with E-state index in [1.54, 1.807) is 0 Å². The van der Waals surface area contributed by atoms with Crippen LogP contribution < -0.4 is 5.73 Å². The Morgan fingerprint density at radius 1 is 1.53 bits per heavy atom. The quantitative estimate of drug-likeness (QED) is 0.711. The molecule has 2 atom stereocenters. The summed E-state index contributed by atoms with van der Waals surface area (Å²) in [4.78, 5) is 14.0. The van der Waals surface area contributed by atoms with Gasteiger partial charge in [-0.25, -0.2) is 4.79 Å². The Labute approximate surface area is 103 Å². The van der Waals surface area contributed by atoms with E-state index >= 15 is 0 Å². The highest BCUT2D eigenvalue weighted by Gasteiger charge is 2.41. The number of rotatable bonds is 1. The van der Waals surface area contributed by atoms with Crippen LogP contribution in [0, 0.1) is 0 Å². The predicted molar refractivity (Wildman–Crippen MR) is 66.6 cm³/mol. The number of hydrogen-bond acceptors (Lipinski definition) is 3. The van der Waals surface area contributed by atoms with Crippen molar-refractivity contribution in [2.75, 3.05) is 6.54 Å². The van der Waals surface area contributed by atoms with Gasteiger partial charge in [0.05, 0.1) is 6.04 Å². The fourth-order valence-electron chi connectivity index (χ4n) is 2.67. The molecule has 2 rings (SSSR count). The van der Waals surface area contributed by atoms with Crippen LogP contribution in [0.2, 0.25) is 0 Å². The van der Waals surface area contributed by atoms with Gasteiger partial charge in [-0.1, -0.05) is 11.6 Å². The van der Waals surface area contributed by atoms with Crippen LogP contribution in [0.3, 0.4) is 0 Å². The fourth-order valence-corrected chi connectivity index (χ4v) is 2.67. The smallest absolute Gasteiger partial charge is 0.411 e. The normalized spacial score (nSPS) is 28.0. The first-order valence-electron chi connectivity index (χ1n) is 6.31. The van der Waals surface area contributed by atoms with Gasteiger partial charge in [-0.3, -0.25) is 4.90 Å². The maximum absolute atomic E-state index is 12.1. The molecular formula is C13H22N2O2. The van der Waals surface area contributed by atoms with E-state index in [0.29, 0.717) is 12.6 Å². The van der Waals surface area contributed by atoms with Crippen molar-refractivity contribution in [2.45, 2.75) is 57.7 Å². The highest BCUT2D eigenvalue weighted by Crippen LogP contribution is 2.35. The fraction of sp³-hybridized carbons (Fsp3) is 0.769. The summed E-state index contributed by atoms with van der Waals surface area (Å²) < 4.78 is 5.45. The molecule has 1 amide bonds. The lowest BCUT2D eigenvalue weighted by Crippen LogP contribution is -2.46. The maximum atomic E-state index is 12.1. The molecule has 2 unspecified atom stereocenters. The van der Waals surface area contributed by atoms with E-state index in [2.05, 4.69) is 6.08 Å². The van der Waals surface area contributed by atoms with E-state index in [4.69, 9.17) is 10.5 Å². The molecule has 0 saturated carbocycles. The van der Waals surface area contributed by atoms with Crippen LogP contribution in [0.1, 0.15) is 40.0 Å². The highest BCUT2D eigenvalue weighted by molar-refractivity contribution is 5.70. The molecule has 4 heteroatoms. The molecule has 2 aliphatic heterocycles. The van der Waals surface area contributed by atoms with Gasteiger partial charge in [0.25, 0.3) is 0 Å². The molecule has 4 nitrogen and oxygen atoms in total. The number of amides is 1. The van der Waals surface area contributed by atoms with Gasteiger partial charge >= 0.3 is 6.09 Å². The number of carbonyl (C=O) groups is 1. The first-order chi connectivity index (χ1) is 7.90. The van der Waals surface area contributed by atoms with Crippen molar-refractivity contribution >= 4 is 6.09 Å². The highest BCUT2D eigenvalue weighted by atomic mass is 16.6. The van der Waals surface area contributed by atoms with Crippen molar-refractivity contribution in [3.05, 3.63) is 11.6 Å². The summed E-state index contributed by atoms with van der Waals surface area (Å²) >= 11 is 0. The van der Waals surface area contributed by atoms with Crippen LogP contribution in [-0.4, -0.2) is 35.2 Å². The van der Waals surface area contributed by atoms with Gasteiger partial charge in [0, 0.05) is 12.6 Å². The van der Waals surface area contributed by atoms with Crippen molar-refractivity contribution in [2.24, 2.45) is 5.73 Å². The summed E-state index contributed by atoms with van der Waals surface area (Å²) in [5.41, 5.74) is 6.53. The average molecular weight is 238 g/mol. The minimum absolute atomic E-state index is 0.183. The number of ether oxygens (including phenoxy) is 1. The first kappa shape index (κ1) is 12.4. The van der Waals surface area contributed by atoms with E-state index in [0.717, 1.165) is 19.3 Å². The molecule has 0 radical (unpaired) electrons. The second-order valence-electron chi connectivity index (χ2n) is 5.92. The standard InChI is InChI=1S/C13H22N2O2/c1-13(2,3)17-12(16)15-10-4-5-11(15)7-9(6-10)8-14/h6,10-11H,4-5,7-8,14H2,1-3H3. The average Bonchev–Trinajstić information content (AvgIpc) is 2.47. The second-order valence-corrected chi connectivity index (χ2v) is 5.92. The number of nitrogens with two attached hydrogens (primary N) is 1. The Hall–Kier alpha value is -1.03. The van der Waals surface area contributed by atoms with Gasteiger partial charge in [0.15, 0.2) is 0 Å². The Kier molecular flexibility index (Phi) is 3.17. The zero-order valence-electron chi connectivity index (χ0n) is 10.9. The Balaban J connectivity index is 2.09. The third-order valence-electron chi connectivity index (χ3n) is 3.34. The zero-order valence-corrected chi connectivity index (χ0v) is 10.9. The molecule has 0 aromatic heterocycles. The first-order valence-corrected chi connectivity index (χ1v) is 6.31. The molecule has 1 saturated heterocycles. The van der Waals surface area contributed by atoms with Gasteiger partial charge in [0.1, 0.15) is 5.60 Å². The van der Waals surface area contributed by atoms with Crippen molar-refractivity contribution in [1.82, 2.24) is 4.90 Å². The van der Waals surface area contributed by atoms with E-state index < -0.39 is 5.60 Å². The molecule has 2 aliphatic rings. The van der Waals surface area contributed by atoms with Gasteiger partial charge < -0.3 is 10.5 Å². The Morgan fingerprint density at radius 2 is 2.24 bits per heavy atom. The van der Waals surface area contributed by atoms with Gasteiger partial charge in [0.2, 0.25) is 0 Å². The van der Waals surface area contributed by atoms with E-state index in [9.17, 15) is 4.79 Å². The summed E-state index contributed by atoms with van der Waals surface area (Å²) in [6.45, 7) is 6.31. The molecule has 0 spiro atoms. The lowest BCUT2D eigenvalue weighted by molar-refractivity contribution is 0.0167. The molecule has 96 valence electrons. The second kappa shape index (κ2) is 4.33. The summed E-state index contributed by atoms with van der Waals surface area (Å²) in [5, 5.41) is 0. The molecule has 0 aliphatic carbocycles. The topological polar surface area (TPSA) is 55.6 Å². The summed E-state index contributed by atoms with van der Waals surface area (Å²) in [7, 11) is 0. The predicted octanol–water partition coefficient (Wildman–Crippen LogP) is 2.04. The van der Waals surface area contributed by atoms with Crippen molar-refractivity contribution in [1.29, 1.82) is 0 Å². The number of nitrogens with zero attached hydrogens (tertiary/aromatic N) is 1. The lowest BCUT2D eigenvalue weighted by atomic mass is 10.0. The number of fused-ring (bicyclic) bond motifs is 2. The zero-order chi connectivity index (χ0) is 12.6. The molecule has 1 fully saturated rings. The minimum atomic E-state index is -0.422. The third-order valence-corrected chi connectivity index (χ3v) is 3.34. The van der Waals surface area contributed by atoms with Crippen LogP contribution in [0.15, 0.2) is 11.6 Å². The van der Waals surface area contributed by atoms with Crippen LogP contribution >= 0.6 is 0 Å². The Bertz CT molecular complexity index is 344. The van der Waals surface area contributed by atoms with E-state index in [1.165, 1.54) is 5.57 Å². The van der Waals surface area contributed by atoms with Crippen molar-refractivity contribution in [3.63, 3.8) is 0 Å². The summed E-state index contributed by atoms with van der Waals surface area (Å²) in [6.07, 6.45) is 4.97. The minimum Gasteiger partial charge on any atom is -0.444 e. The van der Waals surface area contributed by atoms with Crippen LogP contribution in [0.5, 0.6) is 0 Å². The van der Waals surface area contributed by atoms with E-state index in [1.807, 2.05) is 25.7 Å². The largest absolute Gasteiger partial charge is 0.444 e. The molecule has 2 N–H and O–H groups in total. The molecule has 2 bridgehead atoms. The molecule has 0 aromatic carbocycles.